The van der Waals surface area contributed by atoms with Crippen molar-refractivity contribution in [1.29, 1.82) is 0 Å². The topological polar surface area (TPSA) is 116 Å². The number of amides is 4. The van der Waals surface area contributed by atoms with Crippen molar-refractivity contribution in [2.75, 3.05) is 14.1 Å². The smallest absolute Gasteiger partial charge is 0.328 e. The highest BCUT2D eigenvalue weighted by Gasteiger charge is 2.53. The third kappa shape index (κ3) is 3.28. The molecular formula is C16H19N3O5. The first-order chi connectivity index (χ1) is 11.3. The number of aliphatic carboxylic acids is 1. The highest BCUT2D eigenvalue weighted by atomic mass is 16.4. The van der Waals surface area contributed by atoms with Crippen molar-refractivity contribution in [3.8, 4) is 0 Å². The molecule has 8 nitrogen and oxygen atoms in total. The molecule has 1 saturated heterocycles. The number of rotatable bonds is 6. The first kappa shape index (κ1) is 17.6. The van der Waals surface area contributed by atoms with Gasteiger partial charge < -0.3 is 10.0 Å². The lowest BCUT2D eigenvalue weighted by Gasteiger charge is -2.38. The highest BCUT2D eigenvalue weighted by molar-refractivity contribution is 6.23. The number of carboxylic acid groups (broad SMARTS) is 1. The summed E-state index contributed by atoms with van der Waals surface area (Å²) in [6.45, 7) is 0. The molecule has 1 atom stereocenters. The fourth-order valence-electron chi connectivity index (χ4n) is 2.83. The summed E-state index contributed by atoms with van der Waals surface area (Å²) in [6, 6.07) is 6.86. The average molecular weight is 333 g/mol. The van der Waals surface area contributed by atoms with Gasteiger partial charge >= 0.3 is 12.0 Å². The lowest BCUT2D eigenvalue weighted by molar-refractivity contribution is -0.143. The van der Waals surface area contributed by atoms with Gasteiger partial charge in [-0.15, -0.1) is 0 Å². The van der Waals surface area contributed by atoms with Gasteiger partial charge in [0.2, 0.25) is 11.8 Å². The molecule has 4 amide bonds. The number of carbonyl (C=O) groups excluding carboxylic acids is 3. The van der Waals surface area contributed by atoms with Gasteiger partial charge in [0.15, 0.2) is 5.41 Å². The van der Waals surface area contributed by atoms with E-state index in [9.17, 15) is 19.2 Å². The van der Waals surface area contributed by atoms with Crippen LogP contribution in [0.25, 0.3) is 0 Å². The van der Waals surface area contributed by atoms with Crippen molar-refractivity contribution in [3.63, 3.8) is 0 Å². The largest absolute Gasteiger partial charge is 0.481 e. The number of hydrogen-bond donors (Lipinski definition) is 3. The van der Waals surface area contributed by atoms with Crippen molar-refractivity contribution < 1.29 is 24.3 Å². The molecule has 0 spiro atoms. The Morgan fingerprint density at radius 2 is 1.67 bits per heavy atom. The number of hydrogen-bond acceptors (Lipinski definition) is 5. The number of nitrogens with one attached hydrogen (secondary N) is 2. The van der Waals surface area contributed by atoms with Crippen LogP contribution in [-0.2, 0) is 19.8 Å². The molecule has 0 aromatic heterocycles. The summed E-state index contributed by atoms with van der Waals surface area (Å²) in [5.41, 5.74) is -1.26. The summed E-state index contributed by atoms with van der Waals surface area (Å²) in [5, 5.41) is 13.4. The van der Waals surface area contributed by atoms with Gasteiger partial charge in [0.25, 0.3) is 0 Å². The lowest BCUT2D eigenvalue weighted by Crippen LogP contribution is -2.66. The molecule has 1 aromatic carbocycles. The molecular weight excluding hydrogens is 314 g/mol. The summed E-state index contributed by atoms with van der Waals surface area (Å²) >= 11 is 0. The van der Waals surface area contributed by atoms with Crippen LogP contribution < -0.4 is 10.6 Å². The molecule has 3 N–H and O–H groups in total. The maximum Gasteiger partial charge on any atom is 0.328 e. The normalized spacial score (nSPS) is 18.0. The standard InChI is InChI=1S/C16H19N3O5/c1-19(2)11(8-12(20)21)9-16(10-6-4-3-5-7-10)13(22)17-15(24)18-14(16)23/h3-7,11H,8-9H2,1-2H3,(H,20,21)(H2,17,18,22,23,24). The van der Waals surface area contributed by atoms with E-state index in [0.717, 1.165) is 0 Å². The number of nitrogens with zero attached hydrogens (tertiary/aromatic N) is 1. The Balaban J connectivity index is 2.51. The Hall–Kier alpha value is -2.74. The molecule has 0 radical (unpaired) electrons. The van der Waals surface area contributed by atoms with E-state index in [0.29, 0.717) is 5.56 Å². The van der Waals surface area contributed by atoms with Gasteiger partial charge in [-0.2, -0.15) is 0 Å². The van der Waals surface area contributed by atoms with E-state index in [4.69, 9.17) is 5.11 Å². The zero-order chi connectivity index (χ0) is 17.9. The zero-order valence-corrected chi connectivity index (χ0v) is 13.4. The number of barbiturate groups is 1. The van der Waals surface area contributed by atoms with Crippen LogP contribution >= 0.6 is 0 Å². The molecule has 0 saturated carbocycles. The summed E-state index contributed by atoms with van der Waals surface area (Å²) in [7, 11) is 3.35. The number of carboxylic acids is 1. The third-order valence-electron chi connectivity index (χ3n) is 4.18. The van der Waals surface area contributed by atoms with Crippen LogP contribution in [0.4, 0.5) is 4.79 Å². The molecule has 0 bridgehead atoms. The van der Waals surface area contributed by atoms with Gasteiger partial charge in [-0.05, 0) is 26.1 Å². The van der Waals surface area contributed by atoms with E-state index in [1.165, 1.54) is 0 Å². The fraction of sp³-hybridized carbons (Fsp3) is 0.375. The second-order valence-corrected chi connectivity index (χ2v) is 5.93. The van der Waals surface area contributed by atoms with E-state index in [1.54, 1.807) is 49.3 Å². The maximum absolute atomic E-state index is 12.6. The zero-order valence-electron chi connectivity index (χ0n) is 13.4. The first-order valence-corrected chi connectivity index (χ1v) is 7.38. The van der Waals surface area contributed by atoms with Crippen LogP contribution in [0.5, 0.6) is 0 Å². The van der Waals surface area contributed by atoms with Crippen molar-refractivity contribution in [2.45, 2.75) is 24.3 Å². The third-order valence-corrected chi connectivity index (χ3v) is 4.18. The van der Waals surface area contributed by atoms with Gasteiger partial charge in [0, 0.05) is 6.04 Å². The van der Waals surface area contributed by atoms with E-state index in [1.807, 2.05) is 0 Å². The van der Waals surface area contributed by atoms with Crippen LogP contribution in [0.1, 0.15) is 18.4 Å². The summed E-state index contributed by atoms with van der Waals surface area (Å²) in [4.78, 5) is 49.5. The molecule has 8 heteroatoms. The van der Waals surface area contributed by atoms with Gasteiger partial charge in [-0.1, -0.05) is 30.3 Å². The molecule has 1 aromatic rings. The average Bonchev–Trinajstić information content (AvgIpc) is 2.50. The number of carbonyl (C=O) groups is 4. The van der Waals surface area contributed by atoms with Crippen molar-refractivity contribution >= 4 is 23.8 Å². The number of imide groups is 2. The number of benzene rings is 1. The first-order valence-electron chi connectivity index (χ1n) is 7.38. The predicted octanol–water partition coefficient (Wildman–Crippen LogP) is 0.0854. The quantitative estimate of drug-likeness (QED) is 0.635. The van der Waals surface area contributed by atoms with Crippen molar-refractivity contribution in [2.24, 2.45) is 0 Å². The van der Waals surface area contributed by atoms with E-state index >= 15 is 0 Å². The molecule has 1 aliphatic heterocycles. The Bertz CT molecular complexity index is 652. The second-order valence-electron chi connectivity index (χ2n) is 5.93. The highest BCUT2D eigenvalue weighted by Crippen LogP contribution is 2.33. The predicted molar refractivity (Wildman–Crippen MR) is 84.1 cm³/mol. The van der Waals surface area contributed by atoms with Crippen LogP contribution in [0.15, 0.2) is 30.3 Å². The Labute approximate surface area is 138 Å². The minimum atomic E-state index is -1.67. The minimum absolute atomic E-state index is 0.0682. The van der Waals surface area contributed by atoms with Gasteiger partial charge in [0.1, 0.15) is 0 Å². The fourth-order valence-corrected chi connectivity index (χ4v) is 2.83. The van der Waals surface area contributed by atoms with E-state index in [-0.39, 0.29) is 12.8 Å². The molecule has 1 aliphatic rings. The van der Waals surface area contributed by atoms with E-state index in [2.05, 4.69) is 10.6 Å². The minimum Gasteiger partial charge on any atom is -0.481 e. The van der Waals surface area contributed by atoms with Crippen molar-refractivity contribution in [1.82, 2.24) is 15.5 Å². The monoisotopic (exact) mass is 333 g/mol. The summed E-state index contributed by atoms with van der Waals surface area (Å²) in [6.07, 6.45) is -0.308. The van der Waals surface area contributed by atoms with Gasteiger partial charge in [-0.3, -0.25) is 25.0 Å². The Morgan fingerprint density at radius 3 is 2.12 bits per heavy atom. The maximum atomic E-state index is 12.6. The van der Waals surface area contributed by atoms with Crippen LogP contribution in [-0.4, -0.2) is 54.0 Å². The molecule has 24 heavy (non-hydrogen) atoms. The molecule has 2 rings (SSSR count). The molecule has 0 aliphatic carbocycles. The van der Waals surface area contributed by atoms with Crippen molar-refractivity contribution in [3.05, 3.63) is 35.9 Å². The summed E-state index contributed by atoms with van der Waals surface area (Å²) < 4.78 is 0. The molecule has 1 unspecified atom stereocenters. The SMILES string of the molecule is CN(C)C(CC(=O)O)CC1(c2ccccc2)C(=O)NC(=O)NC1=O. The van der Waals surface area contributed by atoms with Crippen LogP contribution in [0.3, 0.4) is 0 Å². The molecule has 128 valence electrons. The Kier molecular flexibility index (Phi) is 4.99. The van der Waals surface area contributed by atoms with Crippen LogP contribution in [0.2, 0.25) is 0 Å². The summed E-state index contributed by atoms with van der Waals surface area (Å²) in [5.74, 6) is -2.54. The van der Waals surface area contributed by atoms with E-state index < -0.39 is 35.3 Å². The Morgan fingerprint density at radius 1 is 1.12 bits per heavy atom. The van der Waals surface area contributed by atoms with Gasteiger partial charge in [-0.25, -0.2) is 4.79 Å². The van der Waals surface area contributed by atoms with Gasteiger partial charge in [0.05, 0.1) is 6.42 Å². The second kappa shape index (κ2) is 6.79. The molecule has 1 heterocycles. The van der Waals surface area contributed by atoms with Crippen LogP contribution in [0, 0.1) is 0 Å². The molecule has 1 fully saturated rings. The lowest BCUT2D eigenvalue weighted by atomic mass is 9.72. The number of urea groups is 1.